The molecule has 0 aliphatic rings. The number of rotatable bonds is 7. The third-order valence-corrected chi connectivity index (χ3v) is 4.50. The van der Waals surface area contributed by atoms with Crippen molar-refractivity contribution in [2.45, 2.75) is 25.8 Å². The van der Waals surface area contributed by atoms with E-state index in [0.717, 1.165) is 0 Å². The largest absolute Gasteiger partial charge is 0.351 e. The van der Waals surface area contributed by atoms with Crippen LogP contribution in [0, 0.1) is 0 Å². The van der Waals surface area contributed by atoms with Gasteiger partial charge in [-0.3, -0.25) is 9.59 Å². The Morgan fingerprint density at radius 1 is 0.966 bits per heavy atom. The molecule has 10 heteroatoms. The van der Waals surface area contributed by atoms with Crippen molar-refractivity contribution in [1.82, 2.24) is 39.8 Å². The van der Waals surface area contributed by atoms with Crippen molar-refractivity contribution in [2.24, 2.45) is 0 Å². The van der Waals surface area contributed by atoms with Gasteiger partial charge in [-0.05, 0) is 44.0 Å². The minimum Gasteiger partial charge on any atom is -0.351 e. The molecule has 0 aromatic carbocycles. The van der Waals surface area contributed by atoms with Gasteiger partial charge in [-0.1, -0.05) is 0 Å². The SMILES string of the molecule is CC(CCCNC(=O)c1cnc2cccnn12)NC(=O)c1cnc2cccnn12. The normalized spacial score (nSPS) is 12.2. The first-order valence-corrected chi connectivity index (χ1v) is 9.30. The van der Waals surface area contributed by atoms with E-state index in [4.69, 9.17) is 0 Å². The van der Waals surface area contributed by atoms with Crippen LogP contribution in [-0.4, -0.2) is 53.6 Å². The first-order valence-electron chi connectivity index (χ1n) is 9.30. The lowest BCUT2D eigenvalue weighted by atomic mass is 10.2. The summed E-state index contributed by atoms with van der Waals surface area (Å²) >= 11 is 0. The minimum atomic E-state index is -0.232. The molecule has 148 valence electrons. The second-order valence-electron chi connectivity index (χ2n) is 6.65. The lowest BCUT2D eigenvalue weighted by Crippen LogP contribution is -2.34. The summed E-state index contributed by atoms with van der Waals surface area (Å²) < 4.78 is 3.01. The maximum absolute atomic E-state index is 12.5. The molecule has 1 unspecified atom stereocenters. The van der Waals surface area contributed by atoms with Gasteiger partial charge < -0.3 is 10.6 Å². The molecular formula is C19H20N8O2. The molecule has 4 aromatic heterocycles. The van der Waals surface area contributed by atoms with Crippen molar-refractivity contribution < 1.29 is 9.59 Å². The van der Waals surface area contributed by atoms with Crippen LogP contribution in [0.25, 0.3) is 11.3 Å². The molecule has 0 saturated heterocycles. The van der Waals surface area contributed by atoms with Gasteiger partial charge in [0.05, 0.1) is 12.4 Å². The standard InChI is InChI=1S/C19H20N8O2/c1-13(25-19(29)15-12-22-17-7-4-10-24-27(15)17)5-2-8-20-18(28)14-11-21-16-6-3-9-23-26(14)16/h3-4,6-7,9-13H,2,5,8H2,1H3,(H,20,28)(H,25,29). The Kier molecular flexibility index (Phi) is 5.14. The van der Waals surface area contributed by atoms with E-state index in [2.05, 4.69) is 30.8 Å². The molecule has 0 bridgehead atoms. The third kappa shape index (κ3) is 3.91. The topological polar surface area (TPSA) is 119 Å². The number of fused-ring (bicyclic) bond motifs is 2. The van der Waals surface area contributed by atoms with Crippen LogP contribution in [0.4, 0.5) is 0 Å². The Morgan fingerprint density at radius 2 is 1.55 bits per heavy atom. The Balaban J connectivity index is 1.25. The fraction of sp³-hybridized carbons (Fsp3) is 0.263. The van der Waals surface area contributed by atoms with Crippen LogP contribution in [0.15, 0.2) is 49.1 Å². The summed E-state index contributed by atoms with van der Waals surface area (Å²) in [5.41, 5.74) is 2.02. The highest BCUT2D eigenvalue weighted by Crippen LogP contribution is 2.06. The van der Waals surface area contributed by atoms with Gasteiger partial charge >= 0.3 is 0 Å². The van der Waals surface area contributed by atoms with E-state index < -0.39 is 0 Å². The first-order chi connectivity index (χ1) is 14.1. The summed E-state index contributed by atoms with van der Waals surface area (Å²) in [6.45, 7) is 2.40. The molecule has 0 aliphatic carbocycles. The molecule has 1 atom stereocenters. The van der Waals surface area contributed by atoms with E-state index in [1.165, 1.54) is 21.4 Å². The fourth-order valence-electron chi connectivity index (χ4n) is 3.04. The number of amides is 2. The van der Waals surface area contributed by atoms with Gasteiger partial charge in [0.2, 0.25) is 0 Å². The number of carbonyl (C=O) groups is 2. The number of nitrogens with zero attached hydrogens (tertiary/aromatic N) is 6. The zero-order chi connectivity index (χ0) is 20.2. The van der Waals surface area contributed by atoms with Gasteiger partial charge in [0.1, 0.15) is 11.4 Å². The summed E-state index contributed by atoms with van der Waals surface area (Å²) in [6.07, 6.45) is 7.65. The first kappa shape index (κ1) is 18.5. The van der Waals surface area contributed by atoms with E-state index in [-0.39, 0.29) is 17.9 Å². The molecule has 0 fully saturated rings. The molecule has 4 heterocycles. The van der Waals surface area contributed by atoms with E-state index in [0.29, 0.717) is 42.1 Å². The second-order valence-corrected chi connectivity index (χ2v) is 6.65. The van der Waals surface area contributed by atoms with Crippen molar-refractivity contribution >= 4 is 23.1 Å². The molecule has 0 aliphatic heterocycles. The smallest absolute Gasteiger partial charge is 0.271 e. The monoisotopic (exact) mass is 392 g/mol. The average molecular weight is 392 g/mol. The maximum atomic E-state index is 12.5. The zero-order valence-corrected chi connectivity index (χ0v) is 15.8. The predicted octanol–water partition coefficient (Wildman–Crippen LogP) is 1.10. The summed E-state index contributed by atoms with van der Waals surface area (Å²) in [4.78, 5) is 33.1. The van der Waals surface area contributed by atoms with Gasteiger partial charge in [0.15, 0.2) is 11.3 Å². The number of hydrogen-bond acceptors (Lipinski definition) is 6. The zero-order valence-electron chi connectivity index (χ0n) is 15.8. The number of aromatic nitrogens is 6. The summed E-state index contributed by atoms with van der Waals surface area (Å²) in [5.74, 6) is -0.464. The van der Waals surface area contributed by atoms with Gasteiger partial charge in [0, 0.05) is 25.0 Å². The van der Waals surface area contributed by atoms with Crippen molar-refractivity contribution in [3.63, 3.8) is 0 Å². The molecule has 2 N–H and O–H groups in total. The van der Waals surface area contributed by atoms with E-state index in [9.17, 15) is 9.59 Å². The second kappa shape index (κ2) is 8.05. The number of imidazole rings is 2. The van der Waals surface area contributed by atoms with Crippen LogP contribution in [0.1, 0.15) is 40.7 Å². The van der Waals surface area contributed by atoms with Crippen LogP contribution >= 0.6 is 0 Å². The fourth-order valence-corrected chi connectivity index (χ4v) is 3.04. The third-order valence-electron chi connectivity index (χ3n) is 4.50. The molecule has 4 aromatic rings. The van der Waals surface area contributed by atoms with E-state index in [1.54, 1.807) is 36.7 Å². The van der Waals surface area contributed by atoms with Crippen molar-refractivity contribution in [3.05, 3.63) is 60.4 Å². The van der Waals surface area contributed by atoms with Crippen LogP contribution in [0.3, 0.4) is 0 Å². The molecule has 0 radical (unpaired) electrons. The highest BCUT2D eigenvalue weighted by molar-refractivity contribution is 5.93. The predicted molar refractivity (Wildman–Crippen MR) is 104 cm³/mol. The molecule has 10 nitrogen and oxygen atoms in total. The Hall–Kier alpha value is -3.82. The molecule has 0 spiro atoms. The van der Waals surface area contributed by atoms with Crippen molar-refractivity contribution in [1.29, 1.82) is 0 Å². The van der Waals surface area contributed by atoms with E-state index in [1.807, 2.05) is 6.92 Å². The Labute approximate surface area is 166 Å². The van der Waals surface area contributed by atoms with Crippen LogP contribution < -0.4 is 10.6 Å². The summed E-state index contributed by atoms with van der Waals surface area (Å²) in [7, 11) is 0. The van der Waals surface area contributed by atoms with Crippen molar-refractivity contribution in [2.75, 3.05) is 6.54 Å². The summed E-state index contributed by atoms with van der Waals surface area (Å²) in [5, 5.41) is 14.1. The van der Waals surface area contributed by atoms with Gasteiger partial charge in [-0.25, -0.2) is 19.0 Å². The highest BCUT2D eigenvalue weighted by Gasteiger charge is 2.16. The maximum Gasteiger partial charge on any atom is 0.271 e. The Morgan fingerprint density at radius 3 is 2.17 bits per heavy atom. The van der Waals surface area contributed by atoms with Crippen molar-refractivity contribution in [3.8, 4) is 0 Å². The minimum absolute atomic E-state index is 0.0638. The highest BCUT2D eigenvalue weighted by atomic mass is 16.2. The molecule has 4 rings (SSSR count). The van der Waals surface area contributed by atoms with Crippen LogP contribution in [0.2, 0.25) is 0 Å². The molecule has 2 amide bonds. The molecule has 29 heavy (non-hydrogen) atoms. The Bertz CT molecular complexity index is 1170. The quantitative estimate of drug-likeness (QED) is 0.455. The van der Waals surface area contributed by atoms with Crippen LogP contribution in [0.5, 0.6) is 0 Å². The molecular weight excluding hydrogens is 372 g/mol. The van der Waals surface area contributed by atoms with E-state index >= 15 is 0 Å². The molecule has 0 saturated carbocycles. The van der Waals surface area contributed by atoms with Gasteiger partial charge in [-0.2, -0.15) is 10.2 Å². The summed E-state index contributed by atoms with van der Waals surface area (Å²) in [6, 6.07) is 7.04. The lowest BCUT2D eigenvalue weighted by molar-refractivity contribution is 0.0921. The number of hydrogen-bond donors (Lipinski definition) is 2. The lowest BCUT2D eigenvalue weighted by Gasteiger charge is -2.13. The number of carbonyl (C=O) groups excluding carboxylic acids is 2. The van der Waals surface area contributed by atoms with Gasteiger partial charge in [0.25, 0.3) is 11.8 Å². The number of nitrogens with one attached hydrogen (secondary N) is 2. The van der Waals surface area contributed by atoms with Gasteiger partial charge in [-0.15, -0.1) is 0 Å². The average Bonchev–Trinajstić information content (AvgIpc) is 3.35. The van der Waals surface area contributed by atoms with Crippen LogP contribution in [-0.2, 0) is 0 Å².